The third-order valence-corrected chi connectivity index (χ3v) is 8.36. The Morgan fingerprint density at radius 1 is 0.905 bits per heavy atom. The van der Waals surface area contributed by atoms with Crippen molar-refractivity contribution in [2.45, 2.75) is 19.6 Å². The fraction of sp³-hybridized carbons (Fsp3) is 0.152. The predicted octanol–water partition coefficient (Wildman–Crippen LogP) is 5.74. The van der Waals surface area contributed by atoms with Crippen molar-refractivity contribution in [3.05, 3.63) is 118 Å². The lowest BCUT2D eigenvalue weighted by Crippen LogP contribution is -2.44. The highest BCUT2D eigenvalue weighted by molar-refractivity contribution is 8.18. The first-order valence-electron chi connectivity index (χ1n) is 13.4. The summed E-state index contributed by atoms with van der Waals surface area (Å²) < 4.78 is 6.13. The number of fused-ring (bicyclic) bond motifs is 2. The Kier molecular flexibility index (Phi) is 7.50. The molecule has 0 spiro atoms. The summed E-state index contributed by atoms with van der Waals surface area (Å²) in [5.41, 5.74) is 3.89. The first kappa shape index (κ1) is 27.3. The van der Waals surface area contributed by atoms with Crippen molar-refractivity contribution in [2.75, 3.05) is 13.1 Å². The molecule has 9 heteroatoms. The molecule has 0 bridgehead atoms. The van der Waals surface area contributed by atoms with Crippen LogP contribution >= 0.6 is 11.8 Å². The number of imide groups is 1. The predicted molar refractivity (Wildman–Crippen MR) is 160 cm³/mol. The second-order valence-corrected chi connectivity index (χ2v) is 11.1. The summed E-state index contributed by atoms with van der Waals surface area (Å²) >= 11 is 0.806. The normalized spacial score (nSPS) is 15.8. The van der Waals surface area contributed by atoms with Crippen LogP contribution < -0.4 is 4.74 Å². The quantitative estimate of drug-likeness (QED) is 0.279. The highest BCUT2D eigenvalue weighted by atomic mass is 32.2. The van der Waals surface area contributed by atoms with E-state index in [1.165, 1.54) is 17.7 Å². The molecule has 0 saturated carbocycles. The maximum absolute atomic E-state index is 13.4. The highest BCUT2D eigenvalue weighted by Gasteiger charge is 2.37. The number of hydrogen-bond acceptors (Lipinski definition) is 6. The first-order chi connectivity index (χ1) is 20.4. The molecular formula is C33H26N2O6S. The van der Waals surface area contributed by atoms with Gasteiger partial charge in [0.15, 0.2) is 0 Å². The lowest BCUT2D eigenvalue weighted by atomic mass is 10.00. The van der Waals surface area contributed by atoms with Gasteiger partial charge in [0.05, 0.1) is 10.5 Å². The van der Waals surface area contributed by atoms with E-state index in [9.17, 15) is 19.2 Å². The van der Waals surface area contributed by atoms with E-state index in [-0.39, 0.29) is 29.5 Å². The summed E-state index contributed by atoms with van der Waals surface area (Å²) in [4.78, 5) is 53.5. The number of aromatic carboxylic acids is 1. The minimum absolute atomic E-state index is 0.175. The minimum atomic E-state index is -1.00. The zero-order valence-corrected chi connectivity index (χ0v) is 23.3. The van der Waals surface area contributed by atoms with Gasteiger partial charge in [0.25, 0.3) is 11.1 Å². The van der Waals surface area contributed by atoms with E-state index in [4.69, 9.17) is 9.84 Å². The van der Waals surface area contributed by atoms with Gasteiger partial charge in [-0.3, -0.25) is 19.3 Å². The van der Waals surface area contributed by atoms with Crippen molar-refractivity contribution in [1.82, 2.24) is 9.80 Å². The molecule has 0 aromatic heterocycles. The van der Waals surface area contributed by atoms with Gasteiger partial charge in [-0.2, -0.15) is 0 Å². The van der Waals surface area contributed by atoms with Gasteiger partial charge in [0.1, 0.15) is 18.9 Å². The molecular weight excluding hydrogens is 552 g/mol. The molecule has 210 valence electrons. The molecule has 8 nitrogen and oxygen atoms in total. The van der Waals surface area contributed by atoms with E-state index in [0.717, 1.165) is 45.0 Å². The Morgan fingerprint density at radius 2 is 1.64 bits per heavy atom. The van der Waals surface area contributed by atoms with Gasteiger partial charge in [-0.05, 0) is 69.9 Å². The van der Waals surface area contributed by atoms with Gasteiger partial charge >= 0.3 is 5.97 Å². The number of carboxylic acids is 1. The van der Waals surface area contributed by atoms with Gasteiger partial charge in [-0.15, -0.1) is 0 Å². The number of hydrogen-bond donors (Lipinski definition) is 1. The van der Waals surface area contributed by atoms with E-state index < -0.39 is 17.1 Å². The largest absolute Gasteiger partial charge is 0.488 e. The van der Waals surface area contributed by atoms with Gasteiger partial charge in [0.2, 0.25) is 5.91 Å². The molecule has 6 rings (SSSR count). The van der Waals surface area contributed by atoms with Crippen LogP contribution in [0.15, 0.2) is 89.8 Å². The van der Waals surface area contributed by atoms with Crippen molar-refractivity contribution in [3.63, 3.8) is 0 Å². The molecule has 0 aliphatic carbocycles. The molecule has 2 aliphatic heterocycles. The maximum Gasteiger partial charge on any atom is 0.335 e. The minimum Gasteiger partial charge on any atom is -0.488 e. The van der Waals surface area contributed by atoms with Crippen LogP contribution in [0.4, 0.5) is 4.79 Å². The first-order valence-corrected chi connectivity index (χ1v) is 14.3. The SMILES string of the molecule is O=C(O)c1ccc(COc2ccc3ccccc3c2/C=C2\SC(=O)N(CC(=O)N3CCc4ccccc4C3)C2=O)cc1. The van der Waals surface area contributed by atoms with E-state index in [0.29, 0.717) is 24.4 Å². The zero-order valence-electron chi connectivity index (χ0n) is 22.5. The second kappa shape index (κ2) is 11.5. The lowest BCUT2D eigenvalue weighted by Gasteiger charge is -2.29. The molecule has 3 amide bonds. The summed E-state index contributed by atoms with van der Waals surface area (Å²) in [6, 6.07) is 25.8. The van der Waals surface area contributed by atoms with E-state index in [2.05, 4.69) is 6.07 Å². The fourth-order valence-electron chi connectivity index (χ4n) is 5.17. The van der Waals surface area contributed by atoms with Crippen molar-refractivity contribution in [3.8, 4) is 5.75 Å². The summed E-state index contributed by atoms with van der Waals surface area (Å²) in [6.45, 7) is 0.859. The maximum atomic E-state index is 13.4. The smallest absolute Gasteiger partial charge is 0.335 e. The van der Waals surface area contributed by atoms with Crippen molar-refractivity contribution >= 4 is 51.6 Å². The fourth-order valence-corrected chi connectivity index (χ4v) is 5.99. The number of nitrogens with zero attached hydrogens (tertiary/aromatic N) is 2. The number of amides is 3. The zero-order chi connectivity index (χ0) is 29.2. The Bertz CT molecular complexity index is 1760. The molecule has 1 fully saturated rings. The number of carbonyl (C=O) groups is 4. The number of benzene rings is 4. The summed E-state index contributed by atoms with van der Waals surface area (Å²) in [6.07, 6.45) is 2.38. The summed E-state index contributed by atoms with van der Waals surface area (Å²) in [5, 5.41) is 10.4. The van der Waals surface area contributed by atoms with Crippen molar-refractivity contribution < 1.29 is 29.0 Å². The highest BCUT2D eigenvalue weighted by Crippen LogP contribution is 2.37. The number of carbonyl (C=O) groups excluding carboxylic acids is 3. The molecule has 0 unspecified atom stereocenters. The van der Waals surface area contributed by atoms with E-state index in [1.54, 1.807) is 23.1 Å². The molecule has 1 saturated heterocycles. The molecule has 42 heavy (non-hydrogen) atoms. The third kappa shape index (κ3) is 5.51. The number of thioether (sulfide) groups is 1. The van der Waals surface area contributed by atoms with Crippen LogP contribution in [0.5, 0.6) is 5.75 Å². The van der Waals surface area contributed by atoms with Gasteiger partial charge in [-0.1, -0.05) is 66.7 Å². The average molecular weight is 579 g/mol. The second-order valence-electron chi connectivity index (χ2n) is 10.1. The topological polar surface area (TPSA) is 104 Å². The lowest BCUT2D eigenvalue weighted by molar-refractivity contribution is -0.136. The van der Waals surface area contributed by atoms with Crippen molar-refractivity contribution in [1.29, 1.82) is 0 Å². The monoisotopic (exact) mass is 578 g/mol. The van der Waals surface area contributed by atoms with Gasteiger partial charge in [0, 0.05) is 18.7 Å². The summed E-state index contributed by atoms with van der Waals surface area (Å²) in [7, 11) is 0. The van der Waals surface area contributed by atoms with Gasteiger partial charge < -0.3 is 14.7 Å². The Hall–Kier alpha value is -4.89. The van der Waals surface area contributed by atoms with E-state index in [1.807, 2.05) is 54.6 Å². The van der Waals surface area contributed by atoms with Crippen LogP contribution in [-0.4, -0.2) is 51.0 Å². The molecule has 4 aromatic rings. The van der Waals surface area contributed by atoms with Crippen LogP contribution in [0, 0.1) is 0 Å². The van der Waals surface area contributed by atoms with Crippen LogP contribution in [-0.2, 0) is 29.2 Å². The van der Waals surface area contributed by atoms with Gasteiger partial charge in [-0.25, -0.2) is 4.79 Å². The molecule has 0 atom stereocenters. The van der Waals surface area contributed by atoms with Crippen LogP contribution in [0.1, 0.15) is 32.6 Å². The Labute approximate surface area is 246 Å². The van der Waals surface area contributed by atoms with Crippen LogP contribution in [0.3, 0.4) is 0 Å². The molecule has 4 aromatic carbocycles. The number of carboxylic acid groups (broad SMARTS) is 1. The average Bonchev–Trinajstić information content (AvgIpc) is 3.27. The third-order valence-electron chi connectivity index (χ3n) is 7.45. The van der Waals surface area contributed by atoms with Crippen molar-refractivity contribution in [2.24, 2.45) is 0 Å². The molecule has 0 radical (unpaired) electrons. The van der Waals surface area contributed by atoms with Crippen LogP contribution in [0.2, 0.25) is 0 Å². The van der Waals surface area contributed by atoms with E-state index >= 15 is 0 Å². The van der Waals surface area contributed by atoms with Crippen LogP contribution in [0.25, 0.3) is 16.8 Å². The summed E-state index contributed by atoms with van der Waals surface area (Å²) in [5.74, 6) is -1.28. The molecule has 2 aliphatic rings. The Balaban J connectivity index is 1.23. The standard InChI is InChI=1S/C33H26N2O6S/c36-30(34-16-15-22-5-1-2-7-25(22)18-34)19-35-31(37)29(42-33(35)40)17-27-26-8-4-3-6-23(26)13-14-28(27)41-20-21-9-11-24(12-10-21)32(38)39/h1-14,17H,15-16,18-20H2,(H,38,39)/b29-17-. The number of rotatable bonds is 7. The molecule has 1 N–H and O–H groups in total. The Morgan fingerprint density at radius 3 is 2.43 bits per heavy atom. The number of ether oxygens (including phenoxy) is 1. The molecule has 2 heterocycles.